The van der Waals surface area contributed by atoms with Gasteiger partial charge >= 0.3 is 0 Å². The molecule has 0 amide bonds. The molecule has 5 aromatic rings. The second-order valence-electron chi connectivity index (χ2n) is 23.5. The van der Waals surface area contributed by atoms with Gasteiger partial charge in [0.1, 0.15) is 0 Å². The minimum Gasteiger partial charge on any atom is -0.317 e. The Hall–Kier alpha value is -6.00. The Balaban J connectivity index is 1.61. The van der Waals surface area contributed by atoms with Gasteiger partial charge < -0.3 is 14.7 Å². The van der Waals surface area contributed by atoms with Crippen LogP contribution < -0.4 is 25.6 Å². The third kappa shape index (κ3) is 9.90. The lowest BCUT2D eigenvalue weighted by atomic mass is 9.37. The van der Waals surface area contributed by atoms with E-state index in [2.05, 4.69) is 277 Å². The molecule has 2 aliphatic heterocycles. The summed E-state index contributed by atoms with van der Waals surface area (Å²) in [5, 5.41) is 0. The summed E-state index contributed by atoms with van der Waals surface area (Å²) < 4.78 is 0. The highest BCUT2D eigenvalue weighted by molar-refractivity contribution is 6.93. The van der Waals surface area contributed by atoms with Crippen molar-refractivity contribution in [3.63, 3.8) is 0 Å². The zero-order chi connectivity index (χ0) is 48.1. The average molecular weight is 872 g/mol. The van der Waals surface area contributed by atoms with Crippen molar-refractivity contribution in [2.45, 2.75) is 120 Å². The van der Waals surface area contributed by atoms with Gasteiger partial charge in [-0.3, -0.25) is 0 Å². The lowest BCUT2D eigenvalue weighted by molar-refractivity contribution is 0.517. The zero-order valence-corrected chi connectivity index (χ0v) is 42.8. The van der Waals surface area contributed by atoms with Crippen LogP contribution in [0.15, 0.2) is 182 Å². The van der Waals surface area contributed by atoms with Crippen LogP contribution in [0.25, 0.3) is 0 Å². The average Bonchev–Trinajstić information content (AvgIpc) is 3.24. The number of fused-ring (bicyclic) bond motifs is 2. The first kappa shape index (κ1) is 48.0. The molecule has 2 aliphatic rings. The molecule has 0 bridgehead atoms. The molecule has 0 spiro atoms. The Labute approximate surface area is 399 Å². The molecule has 0 aliphatic carbocycles. The van der Waals surface area contributed by atoms with E-state index >= 15 is 0 Å². The van der Waals surface area contributed by atoms with Gasteiger partial charge in [0.05, 0.1) is 0 Å². The Bertz CT molecular complexity index is 2730. The van der Waals surface area contributed by atoms with E-state index in [1.54, 1.807) is 0 Å². The van der Waals surface area contributed by atoms with Crippen molar-refractivity contribution in [2.75, 3.05) is 14.7 Å². The molecule has 2 heterocycles. The maximum atomic E-state index is 4.56. The Morgan fingerprint density at radius 2 is 1.08 bits per heavy atom. The second-order valence-corrected chi connectivity index (χ2v) is 23.5. The van der Waals surface area contributed by atoms with E-state index in [-0.39, 0.29) is 33.8 Å². The van der Waals surface area contributed by atoms with Crippen LogP contribution >= 0.6 is 0 Å². The highest BCUT2D eigenvalue weighted by Crippen LogP contribution is 2.47. The van der Waals surface area contributed by atoms with E-state index in [0.29, 0.717) is 0 Å². The smallest absolute Gasteiger partial charge is 0.244 e. The van der Waals surface area contributed by atoms with Crippen molar-refractivity contribution in [3.05, 3.63) is 198 Å². The highest BCUT2D eigenvalue weighted by Gasteiger charge is 2.41. The lowest BCUT2D eigenvalue weighted by Crippen LogP contribution is -2.53. The van der Waals surface area contributed by atoms with Crippen molar-refractivity contribution in [3.8, 4) is 0 Å². The highest BCUT2D eigenvalue weighted by atomic mass is 15.2. The van der Waals surface area contributed by atoms with Crippen LogP contribution in [0.5, 0.6) is 0 Å². The number of hydrogen-bond acceptors (Lipinski definition) is 3. The van der Waals surface area contributed by atoms with Crippen molar-refractivity contribution in [2.24, 2.45) is 10.8 Å². The second kappa shape index (κ2) is 17.7. The summed E-state index contributed by atoms with van der Waals surface area (Å²) in [6.45, 7) is 42.8. The number of anilines is 7. The van der Waals surface area contributed by atoms with E-state index in [4.69, 9.17) is 0 Å². The largest absolute Gasteiger partial charge is 0.317 e. The number of para-hydroxylation sites is 1. The van der Waals surface area contributed by atoms with Gasteiger partial charge in [-0.15, -0.1) is 0 Å². The monoisotopic (exact) mass is 872 g/mol. The predicted molar refractivity (Wildman–Crippen MR) is 292 cm³/mol. The molecule has 5 aromatic carbocycles. The van der Waals surface area contributed by atoms with Gasteiger partial charge in [0.25, 0.3) is 0 Å². The van der Waals surface area contributed by atoms with Crippen LogP contribution in [0.3, 0.4) is 0 Å². The van der Waals surface area contributed by atoms with Gasteiger partial charge in [-0.05, 0) is 133 Å². The molecule has 0 saturated carbocycles. The van der Waals surface area contributed by atoms with Gasteiger partial charge in [0.2, 0.25) is 6.71 Å². The van der Waals surface area contributed by atoms with E-state index in [1.807, 2.05) is 6.08 Å². The number of allylic oxidation sites excluding steroid dienone is 7. The summed E-state index contributed by atoms with van der Waals surface area (Å²) in [5.74, 6) is 2.50. The van der Waals surface area contributed by atoms with Crippen LogP contribution in [-0.4, -0.2) is 6.71 Å². The van der Waals surface area contributed by atoms with Crippen LogP contribution in [0.1, 0.15) is 121 Å². The van der Waals surface area contributed by atoms with Crippen molar-refractivity contribution in [1.82, 2.24) is 0 Å². The van der Waals surface area contributed by atoms with E-state index < -0.39 is 0 Å². The summed E-state index contributed by atoms with van der Waals surface area (Å²) >= 11 is 0. The van der Waals surface area contributed by atoms with Crippen LogP contribution in [0.4, 0.5) is 39.8 Å². The molecule has 0 saturated heterocycles. The van der Waals surface area contributed by atoms with Crippen LogP contribution in [-0.2, 0) is 16.2 Å². The number of benzene rings is 5. The molecule has 0 unspecified atom stereocenters. The quantitative estimate of drug-likeness (QED) is 0.108. The van der Waals surface area contributed by atoms with E-state index in [1.165, 1.54) is 38.9 Å². The lowest BCUT2D eigenvalue weighted by Gasteiger charge is -2.43. The maximum absolute atomic E-state index is 4.56. The predicted octanol–water partition coefficient (Wildman–Crippen LogP) is 16.5. The van der Waals surface area contributed by atoms with Crippen LogP contribution in [0, 0.1) is 10.8 Å². The molecule has 0 fully saturated rings. The third-order valence-corrected chi connectivity index (χ3v) is 13.3. The van der Waals surface area contributed by atoms with Gasteiger partial charge in [0, 0.05) is 51.7 Å². The maximum Gasteiger partial charge on any atom is 0.244 e. The van der Waals surface area contributed by atoms with Crippen molar-refractivity contribution < 1.29 is 0 Å². The van der Waals surface area contributed by atoms with Crippen molar-refractivity contribution in [1.29, 1.82) is 0 Å². The SMILES string of the molecule is C=C/C(=C\C=C\N(c1ccccc1)c1cc2c3c(c1)N(c1ccc(C(C)(C)C)cc1)c1ccc(C(C)(C)C)cc1B3C=C(/C=C\C(=C)C(C)(C)C)N2c1ccc(C(C)(C)C)cc1)C(C)(C)C. The normalized spacial score (nSPS) is 14.7. The molecule has 4 heteroatoms. The minimum atomic E-state index is -0.0827. The summed E-state index contributed by atoms with van der Waals surface area (Å²) in [5.41, 5.74) is 17.6. The van der Waals surface area contributed by atoms with Gasteiger partial charge in [-0.25, -0.2) is 0 Å². The first-order valence-corrected chi connectivity index (χ1v) is 23.9. The third-order valence-electron chi connectivity index (χ3n) is 13.3. The number of hydrogen-bond donors (Lipinski definition) is 0. The topological polar surface area (TPSA) is 9.72 Å². The molecule has 3 nitrogen and oxygen atoms in total. The standard InChI is InChI=1S/C62H74BN3/c1-18-44(59(6,7)8)23-22-38-64(48-24-20-19-21-25-48)52-40-55-57-56(41-52)66(50-35-29-46(30-36-50)61(12,13)14)54-37-31-47(62(15,16)17)39-53(54)63(57)42-51(32-26-43(2)58(3,4)5)65(55)49-33-27-45(28-34-49)60(9,10)11/h18-42H,1-2H2,3-17H3/b32-26-,38-22+,44-23+. The Morgan fingerprint density at radius 3 is 1.58 bits per heavy atom. The van der Waals surface area contributed by atoms with E-state index in [9.17, 15) is 0 Å². The van der Waals surface area contributed by atoms with Crippen LogP contribution in [0.2, 0.25) is 0 Å². The number of nitrogens with zero attached hydrogens (tertiary/aromatic N) is 3. The van der Waals surface area contributed by atoms with Gasteiger partial charge in [-0.1, -0.05) is 196 Å². The molecule has 66 heavy (non-hydrogen) atoms. The van der Waals surface area contributed by atoms with Gasteiger partial charge in [-0.2, -0.15) is 0 Å². The Kier molecular flexibility index (Phi) is 12.8. The summed E-state index contributed by atoms with van der Waals surface area (Å²) in [7, 11) is 0. The first-order valence-electron chi connectivity index (χ1n) is 23.9. The minimum absolute atomic E-state index is 0.0144. The molecule has 0 radical (unpaired) electrons. The molecule has 340 valence electrons. The fourth-order valence-corrected chi connectivity index (χ4v) is 8.87. The molecule has 7 rings (SSSR count). The van der Waals surface area contributed by atoms with Crippen molar-refractivity contribution >= 4 is 57.5 Å². The summed E-state index contributed by atoms with van der Waals surface area (Å²) in [6.07, 6.45) is 13.1. The Morgan fingerprint density at radius 1 is 0.561 bits per heavy atom. The molecular formula is C62H74BN3. The fourth-order valence-electron chi connectivity index (χ4n) is 8.87. The zero-order valence-electron chi connectivity index (χ0n) is 42.8. The van der Waals surface area contributed by atoms with Gasteiger partial charge in [0.15, 0.2) is 0 Å². The molecule has 0 aromatic heterocycles. The number of rotatable bonds is 9. The molecule has 0 N–H and O–H groups in total. The summed E-state index contributed by atoms with van der Waals surface area (Å²) in [4.78, 5) is 7.34. The fraction of sp³-hybridized carbons (Fsp3) is 0.323. The molecular weight excluding hydrogens is 798 g/mol. The van der Waals surface area contributed by atoms with E-state index in [0.717, 1.165) is 45.4 Å². The first-order chi connectivity index (χ1) is 30.8. The molecule has 0 atom stereocenters. The summed E-state index contributed by atoms with van der Waals surface area (Å²) in [6, 6.07) is 41.2.